The number of aryl methyl sites for hydroxylation is 1. The first-order valence-corrected chi connectivity index (χ1v) is 4.75. The Bertz CT molecular complexity index is 439. The SMILES string of the molecule is Cc1ccc(/C(C=O)=C/N(C)C)c(F)c1F. The van der Waals surface area contributed by atoms with E-state index in [2.05, 4.69) is 0 Å². The second-order valence-electron chi connectivity index (χ2n) is 3.72. The second kappa shape index (κ2) is 4.88. The Morgan fingerprint density at radius 2 is 1.88 bits per heavy atom. The highest BCUT2D eigenvalue weighted by atomic mass is 19.2. The van der Waals surface area contributed by atoms with Gasteiger partial charge in [-0.15, -0.1) is 0 Å². The fraction of sp³-hybridized carbons (Fsp3) is 0.250. The van der Waals surface area contributed by atoms with Gasteiger partial charge in [0.25, 0.3) is 0 Å². The minimum absolute atomic E-state index is 0.0215. The third kappa shape index (κ3) is 2.45. The summed E-state index contributed by atoms with van der Waals surface area (Å²) >= 11 is 0. The number of benzene rings is 1. The molecule has 0 unspecified atom stereocenters. The Morgan fingerprint density at radius 3 is 2.38 bits per heavy atom. The van der Waals surface area contributed by atoms with Gasteiger partial charge in [0, 0.05) is 31.4 Å². The van der Waals surface area contributed by atoms with E-state index in [0.717, 1.165) is 0 Å². The molecule has 86 valence electrons. The zero-order valence-electron chi connectivity index (χ0n) is 9.42. The quantitative estimate of drug-likeness (QED) is 0.581. The molecule has 2 nitrogen and oxygen atoms in total. The van der Waals surface area contributed by atoms with Crippen molar-refractivity contribution in [3.63, 3.8) is 0 Å². The normalized spacial score (nSPS) is 11.4. The highest BCUT2D eigenvalue weighted by molar-refractivity contribution is 6.06. The van der Waals surface area contributed by atoms with Crippen molar-refractivity contribution >= 4 is 11.9 Å². The van der Waals surface area contributed by atoms with Gasteiger partial charge in [-0.2, -0.15) is 0 Å². The molecule has 0 saturated carbocycles. The van der Waals surface area contributed by atoms with Gasteiger partial charge in [-0.3, -0.25) is 4.79 Å². The van der Waals surface area contributed by atoms with Crippen LogP contribution in [0, 0.1) is 18.6 Å². The standard InChI is InChI=1S/C12H13F2NO/c1-8-4-5-10(12(14)11(8)13)9(7-16)6-15(2)3/h4-7H,1-3H3/b9-6+. The van der Waals surface area contributed by atoms with Crippen molar-refractivity contribution in [1.29, 1.82) is 0 Å². The lowest BCUT2D eigenvalue weighted by molar-refractivity contribution is -0.103. The first kappa shape index (κ1) is 12.4. The van der Waals surface area contributed by atoms with E-state index in [9.17, 15) is 13.6 Å². The van der Waals surface area contributed by atoms with Crippen LogP contribution in [0.4, 0.5) is 8.78 Å². The maximum Gasteiger partial charge on any atom is 0.167 e. The lowest BCUT2D eigenvalue weighted by Crippen LogP contribution is -2.05. The van der Waals surface area contributed by atoms with E-state index in [4.69, 9.17) is 0 Å². The number of halogens is 2. The molecule has 0 saturated heterocycles. The maximum atomic E-state index is 13.6. The van der Waals surface area contributed by atoms with Crippen LogP contribution in [0.2, 0.25) is 0 Å². The number of aldehydes is 1. The second-order valence-corrected chi connectivity index (χ2v) is 3.72. The van der Waals surface area contributed by atoms with E-state index >= 15 is 0 Å². The minimum Gasteiger partial charge on any atom is -0.383 e. The number of hydrogen-bond acceptors (Lipinski definition) is 2. The monoisotopic (exact) mass is 225 g/mol. The average Bonchev–Trinajstić information content (AvgIpc) is 2.23. The number of allylic oxidation sites excluding steroid dienone is 1. The summed E-state index contributed by atoms with van der Waals surface area (Å²) in [6.45, 7) is 1.47. The molecule has 0 spiro atoms. The maximum absolute atomic E-state index is 13.6. The molecule has 16 heavy (non-hydrogen) atoms. The molecule has 1 aromatic rings. The summed E-state index contributed by atoms with van der Waals surface area (Å²) in [7, 11) is 3.40. The van der Waals surface area contributed by atoms with Crippen molar-refractivity contribution in [1.82, 2.24) is 4.90 Å². The molecule has 0 fully saturated rings. The van der Waals surface area contributed by atoms with Gasteiger partial charge in [-0.05, 0) is 12.5 Å². The van der Waals surface area contributed by atoms with Gasteiger partial charge in [0.05, 0.1) is 0 Å². The molecule has 0 heterocycles. The summed E-state index contributed by atoms with van der Waals surface area (Å²) in [5.41, 5.74) is 0.310. The Balaban J connectivity index is 3.32. The third-order valence-corrected chi connectivity index (χ3v) is 2.11. The largest absolute Gasteiger partial charge is 0.383 e. The number of carbonyl (C=O) groups is 1. The zero-order valence-corrected chi connectivity index (χ0v) is 9.42. The van der Waals surface area contributed by atoms with Gasteiger partial charge in [-0.25, -0.2) is 8.78 Å². The highest BCUT2D eigenvalue weighted by Gasteiger charge is 2.14. The van der Waals surface area contributed by atoms with Crippen LogP contribution in [0.1, 0.15) is 11.1 Å². The van der Waals surface area contributed by atoms with Crippen LogP contribution in [-0.4, -0.2) is 25.3 Å². The number of rotatable bonds is 3. The first-order valence-electron chi connectivity index (χ1n) is 4.75. The van der Waals surface area contributed by atoms with Gasteiger partial charge >= 0.3 is 0 Å². The molecular weight excluding hydrogens is 212 g/mol. The molecular formula is C12H13F2NO. The van der Waals surface area contributed by atoms with Gasteiger partial charge in [0.2, 0.25) is 0 Å². The predicted molar refractivity (Wildman–Crippen MR) is 58.8 cm³/mol. The van der Waals surface area contributed by atoms with Crippen LogP contribution in [-0.2, 0) is 4.79 Å². The van der Waals surface area contributed by atoms with Crippen molar-refractivity contribution in [3.8, 4) is 0 Å². The molecule has 0 atom stereocenters. The van der Waals surface area contributed by atoms with E-state index in [1.807, 2.05) is 0 Å². The topological polar surface area (TPSA) is 20.3 Å². The Kier molecular flexibility index (Phi) is 3.77. The molecule has 0 bridgehead atoms. The molecule has 4 heteroatoms. The fourth-order valence-electron chi connectivity index (χ4n) is 1.31. The van der Waals surface area contributed by atoms with Crippen molar-refractivity contribution in [3.05, 3.63) is 41.1 Å². The average molecular weight is 225 g/mol. The predicted octanol–water partition coefficient (Wildman–Crippen LogP) is 2.37. The molecule has 0 N–H and O–H groups in total. The third-order valence-electron chi connectivity index (χ3n) is 2.11. The fourth-order valence-corrected chi connectivity index (χ4v) is 1.31. The number of carbonyl (C=O) groups excluding carboxylic acids is 1. The Labute approximate surface area is 93.2 Å². The molecule has 1 rings (SSSR count). The number of nitrogens with zero attached hydrogens (tertiary/aromatic N) is 1. The van der Waals surface area contributed by atoms with Crippen molar-refractivity contribution in [2.75, 3.05) is 14.1 Å². The number of hydrogen-bond donors (Lipinski definition) is 0. The van der Waals surface area contributed by atoms with E-state index in [1.165, 1.54) is 25.3 Å². The van der Waals surface area contributed by atoms with Crippen molar-refractivity contribution in [2.45, 2.75) is 6.92 Å². The van der Waals surface area contributed by atoms with Crippen molar-refractivity contribution < 1.29 is 13.6 Å². The van der Waals surface area contributed by atoms with E-state index < -0.39 is 11.6 Å². The van der Waals surface area contributed by atoms with Gasteiger partial charge in [0.1, 0.15) is 0 Å². The van der Waals surface area contributed by atoms with Crippen LogP contribution in [0.25, 0.3) is 5.57 Å². The summed E-state index contributed by atoms with van der Waals surface area (Å²) in [6, 6.07) is 2.85. The first-order chi connectivity index (χ1) is 7.47. The molecule has 0 aliphatic heterocycles. The Morgan fingerprint density at radius 1 is 1.25 bits per heavy atom. The van der Waals surface area contributed by atoms with Crippen LogP contribution in [0.3, 0.4) is 0 Å². The Hall–Kier alpha value is -1.71. The highest BCUT2D eigenvalue weighted by Crippen LogP contribution is 2.21. The molecule has 1 aromatic carbocycles. The van der Waals surface area contributed by atoms with Gasteiger partial charge in [-0.1, -0.05) is 12.1 Å². The lowest BCUT2D eigenvalue weighted by Gasteiger charge is -2.09. The van der Waals surface area contributed by atoms with Gasteiger partial charge in [0.15, 0.2) is 17.9 Å². The molecule has 0 amide bonds. The zero-order chi connectivity index (χ0) is 12.3. The summed E-state index contributed by atoms with van der Waals surface area (Å²) in [5.74, 6) is -1.90. The van der Waals surface area contributed by atoms with E-state index in [0.29, 0.717) is 6.29 Å². The smallest absolute Gasteiger partial charge is 0.167 e. The van der Waals surface area contributed by atoms with E-state index in [1.54, 1.807) is 19.0 Å². The van der Waals surface area contributed by atoms with Crippen LogP contribution in [0.5, 0.6) is 0 Å². The summed E-state index contributed by atoms with van der Waals surface area (Å²) < 4.78 is 26.9. The molecule has 0 aliphatic carbocycles. The van der Waals surface area contributed by atoms with Crippen LogP contribution >= 0.6 is 0 Å². The lowest BCUT2D eigenvalue weighted by atomic mass is 10.0. The molecule has 0 aromatic heterocycles. The summed E-state index contributed by atoms with van der Waals surface area (Å²) in [6.07, 6.45) is 1.95. The minimum atomic E-state index is -0.986. The van der Waals surface area contributed by atoms with Crippen molar-refractivity contribution in [2.24, 2.45) is 0 Å². The van der Waals surface area contributed by atoms with Crippen LogP contribution < -0.4 is 0 Å². The van der Waals surface area contributed by atoms with Gasteiger partial charge < -0.3 is 4.90 Å². The summed E-state index contributed by atoms with van der Waals surface area (Å²) in [4.78, 5) is 12.4. The molecule has 0 radical (unpaired) electrons. The van der Waals surface area contributed by atoms with Crippen LogP contribution in [0.15, 0.2) is 18.3 Å². The van der Waals surface area contributed by atoms with E-state index in [-0.39, 0.29) is 16.7 Å². The molecule has 0 aliphatic rings. The summed E-state index contributed by atoms with van der Waals surface area (Å²) in [5, 5.41) is 0.